The Labute approximate surface area is 106 Å². The van der Waals surface area contributed by atoms with E-state index in [1.54, 1.807) is 7.11 Å². The first kappa shape index (κ1) is 14.9. The highest BCUT2D eigenvalue weighted by Crippen LogP contribution is 2.19. The van der Waals surface area contributed by atoms with Crippen molar-refractivity contribution in [2.24, 2.45) is 5.92 Å². The maximum atomic E-state index is 5.52. The number of hydrogen-bond acceptors (Lipinski definition) is 4. The highest BCUT2D eigenvalue weighted by molar-refractivity contribution is 4.78. The molecule has 1 saturated heterocycles. The molecule has 1 N–H and O–H groups in total. The van der Waals surface area contributed by atoms with Gasteiger partial charge in [-0.3, -0.25) is 0 Å². The summed E-state index contributed by atoms with van der Waals surface area (Å²) in [5, 5.41) is 3.38. The fourth-order valence-electron chi connectivity index (χ4n) is 2.33. The molecular weight excluding hydrogens is 216 g/mol. The van der Waals surface area contributed by atoms with Crippen LogP contribution in [0.5, 0.6) is 0 Å². The van der Waals surface area contributed by atoms with Crippen molar-refractivity contribution in [3.8, 4) is 0 Å². The first-order valence-electron chi connectivity index (χ1n) is 6.72. The molecule has 0 bridgehead atoms. The SMILES string of the molecule is COCCNCCCN1CCC(C)C(OC)C1. The number of piperidine rings is 1. The molecule has 2 unspecified atom stereocenters. The lowest BCUT2D eigenvalue weighted by Crippen LogP contribution is -2.44. The molecule has 17 heavy (non-hydrogen) atoms. The summed E-state index contributed by atoms with van der Waals surface area (Å²) in [7, 11) is 3.57. The average molecular weight is 244 g/mol. The fourth-order valence-corrected chi connectivity index (χ4v) is 2.33. The summed E-state index contributed by atoms with van der Waals surface area (Å²) in [5.74, 6) is 0.705. The molecule has 1 aliphatic heterocycles. The van der Waals surface area contributed by atoms with Gasteiger partial charge in [0.2, 0.25) is 0 Å². The number of likely N-dealkylation sites (tertiary alicyclic amines) is 1. The maximum Gasteiger partial charge on any atom is 0.0724 e. The Morgan fingerprint density at radius 2 is 2.12 bits per heavy atom. The summed E-state index contributed by atoms with van der Waals surface area (Å²) in [4.78, 5) is 2.52. The minimum absolute atomic E-state index is 0.421. The normalized spacial score (nSPS) is 26.3. The molecule has 1 heterocycles. The molecule has 0 aromatic rings. The standard InChI is InChI=1S/C13H28N2O2/c1-12-5-9-15(11-13(12)17-3)8-4-6-14-7-10-16-2/h12-14H,4-11H2,1-3H3. The summed E-state index contributed by atoms with van der Waals surface area (Å²) in [6.07, 6.45) is 2.88. The molecule has 1 rings (SSSR count). The highest BCUT2D eigenvalue weighted by atomic mass is 16.5. The third-order valence-electron chi connectivity index (χ3n) is 3.59. The van der Waals surface area contributed by atoms with Crippen molar-refractivity contribution in [2.75, 3.05) is 53.6 Å². The van der Waals surface area contributed by atoms with Crippen molar-refractivity contribution in [3.05, 3.63) is 0 Å². The van der Waals surface area contributed by atoms with Crippen LogP contribution in [0.3, 0.4) is 0 Å². The topological polar surface area (TPSA) is 33.7 Å². The zero-order chi connectivity index (χ0) is 12.5. The number of methoxy groups -OCH3 is 2. The molecular formula is C13H28N2O2. The third kappa shape index (κ3) is 5.82. The second kappa shape index (κ2) is 8.86. The van der Waals surface area contributed by atoms with E-state index in [9.17, 15) is 0 Å². The molecule has 2 atom stereocenters. The van der Waals surface area contributed by atoms with Crippen LogP contribution < -0.4 is 5.32 Å². The van der Waals surface area contributed by atoms with Crippen LogP contribution >= 0.6 is 0 Å². The van der Waals surface area contributed by atoms with Crippen molar-refractivity contribution in [3.63, 3.8) is 0 Å². The van der Waals surface area contributed by atoms with E-state index in [1.807, 2.05) is 7.11 Å². The lowest BCUT2D eigenvalue weighted by atomic mass is 9.96. The fraction of sp³-hybridized carbons (Fsp3) is 1.00. The van der Waals surface area contributed by atoms with Gasteiger partial charge >= 0.3 is 0 Å². The van der Waals surface area contributed by atoms with Crippen LogP contribution in [0.25, 0.3) is 0 Å². The van der Waals surface area contributed by atoms with Gasteiger partial charge in [-0.05, 0) is 38.4 Å². The van der Waals surface area contributed by atoms with Gasteiger partial charge in [-0.1, -0.05) is 6.92 Å². The largest absolute Gasteiger partial charge is 0.383 e. The molecule has 0 aliphatic carbocycles. The Hall–Kier alpha value is -0.160. The van der Waals surface area contributed by atoms with Gasteiger partial charge in [0.25, 0.3) is 0 Å². The molecule has 102 valence electrons. The van der Waals surface area contributed by atoms with Gasteiger partial charge in [-0.2, -0.15) is 0 Å². The first-order valence-corrected chi connectivity index (χ1v) is 6.72. The minimum Gasteiger partial charge on any atom is -0.383 e. The average Bonchev–Trinajstić information content (AvgIpc) is 2.35. The van der Waals surface area contributed by atoms with Crippen LogP contribution in [-0.2, 0) is 9.47 Å². The number of rotatable bonds is 8. The molecule has 4 heteroatoms. The van der Waals surface area contributed by atoms with E-state index in [4.69, 9.17) is 9.47 Å². The second-order valence-corrected chi connectivity index (χ2v) is 4.94. The van der Waals surface area contributed by atoms with Gasteiger partial charge in [0, 0.05) is 27.3 Å². The van der Waals surface area contributed by atoms with Crippen LogP contribution in [0.4, 0.5) is 0 Å². The Kier molecular flexibility index (Phi) is 7.77. The van der Waals surface area contributed by atoms with E-state index < -0.39 is 0 Å². The third-order valence-corrected chi connectivity index (χ3v) is 3.59. The van der Waals surface area contributed by atoms with Crippen LogP contribution in [-0.4, -0.2) is 64.6 Å². The monoisotopic (exact) mass is 244 g/mol. The van der Waals surface area contributed by atoms with E-state index in [-0.39, 0.29) is 0 Å². The number of nitrogens with one attached hydrogen (secondary N) is 1. The van der Waals surface area contributed by atoms with Gasteiger partial charge in [-0.15, -0.1) is 0 Å². The van der Waals surface area contributed by atoms with Gasteiger partial charge in [-0.25, -0.2) is 0 Å². The van der Waals surface area contributed by atoms with Crippen molar-refractivity contribution in [1.82, 2.24) is 10.2 Å². The smallest absolute Gasteiger partial charge is 0.0724 e. The zero-order valence-corrected chi connectivity index (χ0v) is 11.6. The zero-order valence-electron chi connectivity index (χ0n) is 11.6. The summed E-state index contributed by atoms with van der Waals surface area (Å²) in [6.45, 7) is 8.60. The summed E-state index contributed by atoms with van der Waals surface area (Å²) in [6, 6.07) is 0. The van der Waals surface area contributed by atoms with Crippen molar-refractivity contribution >= 4 is 0 Å². The highest BCUT2D eigenvalue weighted by Gasteiger charge is 2.25. The summed E-state index contributed by atoms with van der Waals surface area (Å²) < 4.78 is 10.5. The molecule has 0 saturated carbocycles. The molecule has 4 nitrogen and oxygen atoms in total. The van der Waals surface area contributed by atoms with Gasteiger partial charge < -0.3 is 19.7 Å². The Bertz CT molecular complexity index is 190. The van der Waals surface area contributed by atoms with E-state index in [2.05, 4.69) is 17.1 Å². The van der Waals surface area contributed by atoms with Crippen LogP contribution in [0.1, 0.15) is 19.8 Å². The Morgan fingerprint density at radius 3 is 2.82 bits per heavy atom. The second-order valence-electron chi connectivity index (χ2n) is 4.94. The van der Waals surface area contributed by atoms with E-state index in [1.165, 1.54) is 25.9 Å². The van der Waals surface area contributed by atoms with Crippen molar-refractivity contribution < 1.29 is 9.47 Å². The van der Waals surface area contributed by atoms with Crippen LogP contribution in [0.15, 0.2) is 0 Å². The number of ether oxygens (including phenoxy) is 2. The molecule has 0 spiro atoms. The van der Waals surface area contributed by atoms with E-state index >= 15 is 0 Å². The quantitative estimate of drug-likeness (QED) is 0.645. The molecule has 1 fully saturated rings. The molecule has 0 aromatic carbocycles. The van der Waals surface area contributed by atoms with Gasteiger partial charge in [0.1, 0.15) is 0 Å². The van der Waals surface area contributed by atoms with Crippen LogP contribution in [0, 0.1) is 5.92 Å². The number of nitrogens with zero attached hydrogens (tertiary/aromatic N) is 1. The first-order chi connectivity index (χ1) is 8.27. The van der Waals surface area contributed by atoms with Gasteiger partial charge in [0.05, 0.1) is 12.7 Å². The summed E-state index contributed by atoms with van der Waals surface area (Å²) in [5.41, 5.74) is 0. The lowest BCUT2D eigenvalue weighted by molar-refractivity contribution is -0.00507. The minimum atomic E-state index is 0.421. The Morgan fingerprint density at radius 1 is 1.29 bits per heavy atom. The van der Waals surface area contributed by atoms with Crippen molar-refractivity contribution in [2.45, 2.75) is 25.9 Å². The van der Waals surface area contributed by atoms with Gasteiger partial charge in [0.15, 0.2) is 0 Å². The number of hydrogen-bond donors (Lipinski definition) is 1. The van der Waals surface area contributed by atoms with E-state index in [0.717, 1.165) is 26.2 Å². The molecule has 0 radical (unpaired) electrons. The maximum absolute atomic E-state index is 5.52. The predicted molar refractivity (Wildman–Crippen MR) is 70.4 cm³/mol. The van der Waals surface area contributed by atoms with Crippen molar-refractivity contribution in [1.29, 1.82) is 0 Å². The molecule has 1 aliphatic rings. The molecule has 0 aromatic heterocycles. The summed E-state index contributed by atoms with van der Waals surface area (Å²) >= 11 is 0. The lowest BCUT2D eigenvalue weighted by Gasteiger charge is -2.36. The van der Waals surface area contributed by atoms with E-state index in [0.29, 0.717) is 12.0 Å². The molecule has 0 amide bonds. The van der Waals surface area contributed by atoms with Crippen LogP contribution in [0.2, 0.25) is 0 Å². The Balaban J connectivity index is 2.03. The predicted octanol–water partition coefficient (Wildman–Crippen LogP) is 0.969.